The lowest BCUT2D eigenvalue weighted by molar-refractivity contribution is -0.146. The van der Waals surface area contributed by atoms with Gasteiger partial charge in [0.25, 0.3) is 0 Å². The Hall–Kier alpha value is -1.06. The first-order valence-electron chi connectivity index (χ1n) is 7.49. The van der Waals surface area contributed by atoms with E-state index in [9.17, 15) is 9.59 Å². The van der Waals surface area contributed by atoms with Crippen molar-refractivity contribution >= 4 is 11.9 Å². The van der Waals surface area contributed by atoms with E-state index < -0.39 is 5.97 Å². The van der Waals surface area contributed by atoms with E-state index in [-0.39, 0.29) is 17.7 Å². The minimum absolute atomic E-state index is 0.0631. The Morgan fingerprint density at radius 1 is 0.947 bits per heavy atom. The third-order valence-electron chi connectivity index (χ3n) is 4.61. The lowest BCUT2D eigenvalue weighted by Gasteiger charge is -2.38. The Labute approximate surface area is 115 Å². The van der Waals surface area contributed by atoms with Gasteiger partial charge in [-0.25, -0.2) is 0 Å². The van der Waals surface area contributed by atoms with E-state index in [1.807, 2.05) is 4.90 Å². The van der Waals surface area contributed by atoms with Crippen LogP contribution in [0.3, 0.4) is 0 Å². The minimum Gasteiger partial charge on any atom is -0.481 e. The largest absolute Gasteiger partial charge is 0.481 e. The number of carboxylic acid groups (broad SMARTS) is 1. The number of likely N-dealkylation sites (tertiary alicyclic amines) is 1. The van der Waals surface area contributed by atoms with Crippen LogP contribution >= 0.6 is 0 Å². The maximum Gasteiger partial charge on any atom is 0.306 e. The van der Waals surface area contributed by atoms with Gasteiger partial charge in [-0.15, -0.1) is 0 Å². The number of aliphatic carboxylic acids is 1. The lowest BCUT2D eigenvalue weighted by Crippen LogP contribution is -2.46. The van der Waals surface area contributed by atoms with Crippen LogP contribution in [0.5, 0.6) is 0 Å². The van der Waals surface area contributed by atoms with Crippen molar-refractivity contribution in [2.75, 3.05) is 13.1 Å². The van der Waals surface area contributed by atoms with E-state index >= 15 is 0 Å². The SMILES string of the molecule is CC1CC(C)CN(C(=O)C2CCC(C(=O)O)CC2)C1. The molecule has 1 N–H and O–H groups in total. The summed E-state index contributed by atoms with van der Waals surface area (Å²) in [6, 6.07) is 0. The van der Waals surface area contributed by atoms with Crippen molar-refractivity contribution < 1.29 is 14.7 Å². The van der Waals surface area contributed by atoms with Crippen LogP contribution in [0.1, 0.15) is 46.0 Å². The molecule has 0 aromatic carbocycles. The zero-order valence-electron chi connectivity index (χ0n) is 12.0. The summed E-state index contributed by atoms with van der Waals surface area (Å²) in [6.45, 7) is 6.17. The molecule has 1 saturated carbocycles. The molecule has 2 fully saturated rings. The molecular weight excluding hydrogens is 242 g/mol. The Morgan fingerprint density at radius 2 is 1.42 bits per heavy atom. The molecule has 4 heteroatoms. The van der Waals surface area contributed by atoms with Crippen molar-refractivity contribution in [3.8, 4) is 0 Å². The van der Waals surface area contributed by atoms with Gasteiger partial charge in [-0.2, -0.15) is 0 Å². The first-order chi connectivity index (χ1) is 8.97. The Bertz CT molecular complexity index is 337. The number of hydrogen-bond donors (Lipinski definition) is 1. The molecule has 2 aliphatic rings. The van der Waals surface area contributed by atoms with Crippen LogP contribution < -0.4 is 0 Å². The molecule has 4 nitrogen and oxygen atoms in total. The molecule has 0 bridgehead atoms. The predicted molar refractivity (Wildman–Crippen MR) is 72.6 cm³/mol. The third-order valence-corrected chi connectivity index (χ3v) is 4.61. The molecule has 1 amide bonds. The van der Waals surface area contributed by atoms with Gasteiger partial charge in [0.15, 0.2) is 0 Å². The summed E-state index contributed by atoms with van der Waals surface area (Å²) < 4.78 is 0. The number of nitrogens with zero attached hydrogens (tertiary/aromatic N) is 1. The minimum atomic E-state index is -0.703. The van der Waals surface area contributed by atoms with Crippen molar-refractivity contribution in [1.29, 1.82) is 0 Å². The van der Waals surface area contributed by atoms with Gasteiger partial charge >= 0.3 is 5.97 Å². The summed E-state index contributed by atoms with van der Waals surface area (Å²) in [7, 11) is 0. The van der Waals surface area contributed by atoms with Gasteiger partial charge in [0, 0.05) is 19.0 Å². The lowest BCUT2D eigenvalue weighted by atomic mass is 9.80. The van der Waals surface area contributed by atoms with Crippen molar-refractivity contribution in [2.45, 2.75) is 46.0 Å². The van der Waals surface area contributed by atoms with Crippen LogP contribution in [0.4, 0.5) is 0 Å². The molecule has 19 heavy (non-hydrogen) atoms. The number of hydrogen-bond acceptors (Lipinski definition) is 2. The molecule has 1 aliphatic heterocycles. The smallest absolute Gasteiger partial charge is 0.306 e. The first-order valence-corrected chi connectivity index (χ1v) is 7.49. The van der Waals surface area contributed by atoms with Crippen molar-refractivity contribution in [1.82, 2.24) is 4.90 Å². The highest BCUT2D eigenvalue weighted by Gasteiger charge is 2.34. The molecule has 2 atom stereocenters. The summed E-state index contributed by atoms with van der Waals surface area (Å²) in [5, 5.41) is 8.99. The number of rotatable bonds is 2. The van der Waals surface area contributed by atoms with Gasteiger partial charge in [0.2, 0.25) is 5.91 Å². The molecule has 2 unspecified atom stereocenters. The molecular formula is C15H25NO3. The van der Waals surface area contributed by atoms with E-state index in [2.05, 4.69) is 13.8 Å². The van der Waals surface area contributed by atoms with Gasteiger partial charge in [0.1, 0.15) is 0 Å². The van der Waals surface area contributed by atoms with Gasteiger partial charge in [-0.3, -0.25) is 9.59 Å². The molecule has 1 aliphatic carbocycles. The molecule has 1 saturated heterocycles. The highest BCUT2D eigenvalue weighted by Crippen LogP contribution is 2.32. The number of piperidine rings is 1. The quantitative estimate of drug-likeness (QED) is 0.835. The average Bonchev–Trinajstić information content (AvgIpc) is 2.37. The van der Waals surface area contributed by atoms with Crippen LogP contribution in [0, 0.1) is 23.7 Å². The van der Waals surface area contributed by atoms with E-state index in [1.54, 1.807) is 0 Å². The average molecular weight is 267 g/mol. The fourth-order valence-electron chi connectivity index (χ4n) is 3.69. The van der Waals surface area contributed by atoms with E-state index in [0.717, 1.165) is 25.9 Å². The Morgan fingerprint density at radius 3 is 1.89 bits per heavy atom. The molecule has 0 aromatic rings. The topological polar surface area (TPSA) is 57.6 Å². The van der Waals surface area contributed by atoms with Crippen molar-refractivity contribution in [3.63, 3.8) is 0 Å². The summed E-state index contributed by atoms with van der Waals surface area (Å²) in [6.07, 6.45) is 4.01. The predicted octanol–water partition coefficient (Wildman–Crippen LogP) is 2.38. The van der Waals surface area contributed by atoms with Crippen molar-refractivity contribution in [3.05, 3.63) is 0 Å². The number of carbonyl (C=O) groups excluding carboxylic acids is 1. The summed E-state index contributed by atoms with van der Waals surface area (Å²) in [5.74, 6) is 0.566. The van der Waals surface area contributed by atoms with Gasteiger partial charge < -0.3 is 10.0 Å². The van der Waals surface area contributed by atoms with Crippen LogP contribution in [0.25, 0.3) is 0 Å². The number of carboxylic acids is 1. The van der Waals surface area contributed by atoms with E-state index in [0.29, 0.717) is 24.7 Å². The van der Waals surface area contributed by atoms with E-state index in [1.165, 1.54) is 6.42 Å². The highest BCUT2D eigenvalue weighted by molar-refractivity contribution is 5.79. The molecule has 0 aromatic heterocycles. The van der Waals surface area contributed by atoms with Crippen LogP contribution in [0.2, 0.25) is 0 Å². The second kappa shape index (κ2) is 5.93. The van der Waals surface area contributed by atoms with Gasteiger partial charge in [0.05, 0.1) is 5.92 Å². The first kappa shape index (κ1) is 14.4. The zero-order valence-corrected chi connectivity index (χ0v) is 12.0. The van der Waals surface area contributed by atoms with Crippen LogP contribution in [0.15, 0.2) is 0 Å². The summed E-state index contributed by atoms with van der Waals surface area (Å²) in [4.78, 5) is 25.4. The highest BCUT2D eigenvalue weighted by atomic mass is 16.4. The van der Waals surface area contributed by atoms with Gasteiger partial charge in [-0.1, -0.05) is 13.8 Å². The standard InChI is InChI=1S/C15H25NO3/c1-10-7-11(2)9-16(8-10)14(17)12-3-5-13(6-4-12)15(18)19/h10-13H,3-9H2,1-2H3,(H,18,19). The maximum atomic E-state index is 12.5. The normalized spacial score (nSPS) is 36.0. The third kappa shape index (κ3) is 3.48. The summed E-state index contributed by atoms with van der Waals surface area (Å²) >= 11 is 0. The fraction of sp³-hybridized carbons (Fsp3) is 0.867. The fourth-order valence-corrected chi connectivity index (χ4v) is 3.69. The molecule has 1 heterocycles. The molecule has 2 rings (SSSR count). The zero-order chi connectivity index (χ0) is 14.0. The summed E-state index contributed by atoms with van der Waals surface area (Å²) in [5.41, 5.74) is 0. The van der Waals surface area contributed by atoms with Gasteiger partial charge in [-0.05, 0) is 43.9 Å². The molecule has 0 spiro atoms. The number of amides is 1. The Balaban J connectivity index is 1.88. The number of carbonyl (C=O) groups is 2. The molecule has 0 radical (unpaired) electrons. The molecule has 108 valence electrons. The van der Waals surface area contributed by atoms with E-state index in [4.69, 9.17) is 5.11 Å². The van der Waals surface area contributed by atoms with Crippen LogP contribution in [-0.2, 0) is 9.59 Å². The maximum absolute atomic E-state index is 12.5. The Kier molecular flexibility index (Phi) is 4.48. The monoisotopic (exact) mass is 267 g/mol. The van der Waals surface area contributed by atoms with Crippen molar-refractivity contribution in [2.24, 2.45) is 23.7 Å². The van der Waals surface area contributed by atoms with Crippen LogP contribution in [-0.4, -0.2) is 35.0 Å². The second-order valence-electron chi connectivity index (χ2n) is 6.58. The second-order valence-corrected chi connectivity index (χ2v) is 6.58.